The molecule has 0 atom stereocenters. The van der Waals surface area contributed by atoms with Crippen LogP contribution in [0.25, 0.3) is 11.1 Å². The SMILES string of the molecule is O=C(Cc1nsc(NS(=O)(=O)c2ccc(-c3ccccc3)cc2)n1)N1CCSCC1. The first-order chi connectivity index (χ1) is 14.5. The number of carbonyl (C=O) groups is 1. The van der Waals surface area contributed by atoms with Gasteiger partial charge in [-0.3, -0.25) is 9.52 Å². The highest BCUT2D eigenvalue weighted by molar-refractivity contribution is 7.99. The van der Waals surface area contributed by atoms with Crippen LogP contribution in [0.1, 0.15) is 5.82 Å². The monoisotopic (exact) mass is 460 g/mol. The smallest absolute Gasteiger partial charge is 0.263 e. The standard InChI is InChI=1S/C20H20N4O3S3/c25-19(24-10-12-28-13-11-24)14-18-21-20(29-22-18)23-30(26,27)17-8-6-16(7-9-17)15-4-2-1-3-5-15/h1-9H,10-14H2,(H,21,22,23). The van der Waals surface area contributed by atoms with Crippen LogP contribution in [-0.2, 0) is 21.2 Å². The van der Waals surface area contributed by atoms with Gasteiger partial charge in [-0.2, -0.15) is 16.1 Å². The Kier molecular flexibility index (Phi) is 6.35. The fourth-order valence-corrected chi connectivity index (χ4v) is 5.77. The summed E-state index contributed by atoms with van der Waals surface area (Å²) >= 11 is 2.76. The van der Waals surface area contributed by atoms with Gasteiger partial charge in [-0.25, -0.2) is 13.4 Å². The second kappa shape index (κ2) is 9.15. The van der Waals surface area contributed by atoms with Crippen LogP contribution >= 0.6 is 23.3 Å². The Morgan fingerprint density at radius 2 is 1.67 bits per heavy atom. The van der Waals surface area contributed by atoms with Gasteiger partial charge in [0.15, 0.2) is 5.82 Å². The Morgan fingerprint density at radius 1 is 1.00 bits per heavy atom. The molecule has 1 aliphatic rings. The topological polar surface area (TPSA) is 92.3 Å². The molecule has 4 rings (SSSR count). The zero-order valence-corrected chi connectivity index (χ0v) is 18.5. The number of sulfonamides is 1. The summed E-state index contributed by atoms with van der Waals surface area (Å²) in [6.07, 6.45) is 0.0780. The fourth-order valence-electron chi connectivity index (χ4n) is 3.06. The van der Waals surface area contributed by atoms with Crippen molar-refractivity contribution in [2.45, 2.75) is 11.3 Å². The maximum Gasteiger partial charge on any atom is 0.263 e. The van der Waals surface area contributed by atoms with Gasteiger partial charge in [0, 0.05) is 36.1 Å². The third-order valence-corrected chi connectivity index (χ3v) is 7.73. The normalized spacial score (nSPS) is 14.5. The minimum absolute atomic E-state index is 0.0287. The molecule has 30 heavy (non-hydrogen) atoms. The lowest BCUT2D eigenvalue weighted by molar-refractivity contribution is -0.130. The van der Waals surface area contributed by atoms with E-state index in [-0.39, 0.29) is 22.4 Å². The Labute approximate surface area is 183 Å². The van der Waals surface area contributed by atoms with E-state index in [1.54, 1.807) is 29.2 Å². The molecule has 2 aromatic carbocycles. The number of amides is 1. The molecule has 1 amide bonds. The molecule has 1 aromatic heterocycles. The minimum Gasteiger partial charge on any atom is -0.341 e. The molecule has 1 saturated heterocycles. The number of rotatable bonds is 6. The van der Waals surface area contributed by atoms with Gasteiger partial charge in [-0.05, 0) is 23.3 Å². The summed E-state index contributed by atoms with van der Waals surface area (Å²) in [6, 6.07) is 16.4. The average Bonchev–Trinajstić information content (AvgIpc) is 3.21. The molecule has 0 saturated carbocycles. The third-order valence-electron chi connectivity index (χ3n) is 4.63. The number of aromatic nitrogens is 2. The number of carbonyl (C=O) groups excluding carboxylic acids is 1. The highest BCUT2D eigenvalue weighted by Gasteiger charge is 2.21. The van der Waals surface area contributed by atoms with Crippen molar-refractivity contribution in [2.24, 2.45) is 0 Å². The van der Waals surface area contributed by atoms with Gasteiger partial charge in [0.25, 0.3) is 10.0 Å². The first-order valence-electron chi connectivity index (χ1n) is 9.38. The van der Waals surface area contributed by atoms with E-state index in [1.807, 2.05) is 42.1 Å². The first kappa shape index (κ1) is 20.8. The number of nitrogens with one attached hydrogen (secondary N) is 1. The molecule has 3 aromatic rings. The summed E-state index contributed by atoms with van der Waals surface area (Å²) in [5.74, 6) is 2.17. The molecule has 0 unspecified atom stereocenters. The van der Waals surface area contributed by atoms with Crippen LogP contribution in [-0.4, -0.2) is 53.2 Å². The summed E-state index contributed by atoms with van der Waals surface area (Å²) < 4.78 is 31.9. The number of thioether (sulfide) groups is 1. The maximum atomic E-state index is 12.7. The molecule has 1 aliphatic heterocycles. The van der Waals surface area contributed by atoms with E-state index < -0.39 is 10.0 Å². The average molecular weight is 461 g/mol. The summed E-state index contributed by atoms with van der Waals surface area (Å²) in [6.45, 7) is 1.46. The first-order valence-corrected chi connectivity index (χ1v) is 12.8. The molecule has 0 radical (unpaired) electrons. The molecule has 156 valence electrons. The second-order valence-corrected chi connectivity index (χ2v) is 10.3. The van der Waals surface area contributed by atoms with Gasteiger partial charge in [0.05, 0.1) is 11.3 Å². The lowest BCUT2D eigenvalue weighted by atomic mass is 10.1. The van der Waals surface area contributed by atoms with Crippen molar-refractivity contribution in [3.8, 4) is 11.1 Å². The van der Waals surface area contributed by atoms with Crippen LogP contribution in [0.5, 0.6) is 0 Å². The molecule has 0 bridgehead atoms. The Bertz CT molecular complexity index is 1110. The predicted molar refractivity (Wildman–Crippen MR) is 120 cm³/mol. The van der Waals surface area contributed by atoms with Crippen molar-refractivity contribution >= 4 is 44.4 Å². The number of benzene rings is 2. The molecular formula is C20H20N4O3S3. The van der Waals surface area contributed by atoms with Gasteiger partial charge in [0.2, 0.25) is 11.0 Å². The summed E-state index contributed by atoms with van der Waals surface area (Å²) in [5.41, 5.74) is 1.95. The van der Waals surface area contributed by atoms with Crippen LogP contribution in [0.15, 0.2) is 59.5 Å². The molecule has 0 aliphatic carbocycles. The molecule has 10 heteroatoms. The minimum atomic E-state index is -3.79. The predicted octanol–water partition coefficient (Wildman–Crippen LogP) is 3.12. The number of hydrogen-bond acceptors (Lipinski definition) is 7. The van der Waals surface area contributed by atoms with E-state index >= 15 is 0 Å². The van der Waals surface area contributed by atoms with Crippen LogP contribution in [0, 0.1) is 0 Å². The number of nitrogens with zero attached hydrogens (tertiary/aromatic N) is 3. The van der Waals surface area contributed by atoms with Crippen molar-refractivity contribution < 1.29 is 13.2 Å². The Hall–Kier alpha value is -2.43. The van der Waals surface area contributed by atoms with E-state index in [0.717, 1.165) is 47.3 Å². The second-order valence-electron chi connectivity index (χ2n) is 6.68. The lowest BCUT2D eigenvalue weighted by Gasteiger charge is -2.25. The molecular weight excluding hydrogens is 440 g/mol. The molecule has 1 N–H and O–H groups in total. The Morgan fingerprint density at radius 3 is 2.37 bits per heavy atom. The van der Waals surface area contributed by atoms with Crippen LogP contribution in [0.4, 0.5) is 5.13 Å². The van der Waals surface area contributed by atoms with Crippen molar-refractivity contribution in [3.05, 3.63) is 60.4 Å². The number of hydrogen-bond donors (Lipinski definition) is 1. The maximum absolute atomic E-state index is 12.7. The highest BCUT2D eigenvalue weighted by Crippen LogP contribution is 2.23. The fraction of sp³-hybridized carbons (Fsp3) is 0.250. The van der Waals surface area contributed by atoms with E-state index in [9.17, 15) is 13.2 Å². The lowest BCUT2D eigenvalue weighted by Crippen LogP contribution is -2.38. The van der Waals surface area contributed by atoms with Crippen molar-refractivity contribution in [2.75, 3.05) is 29.3 Å². The Balaban J connectivity index is 1.41. The van der Waals surface area contributed by atoms with E-state index in [1.165, 1.54) is 0 Å². The zero-order valence-electron chi connectivity index (χ0n) is 16.0. The van der Waals surface area contributed by atoms with Gasteiger partial charge in [-0.1, -0.05) is 42.5 Å². The van der Waals surface area contributed by atoms with E-state index in [4.69, 9.17) is 0 Å². The molecule has 0 spiro atoms. The van der Waals surface area contributed by atoms with E-state index in [0.29, 0.717) is 5.82 Å². The van der Waals surface area contributed by atoms with Crippen LogP contribution < -0.4 is 4.72 Å². The third kappa shape index (κ3) is 5.00. The highest BCUT2D eigenvalue weighted by atomic mass is 32.2. The summed E-state index contributed by atoms with van der Waals surface area (Å²) in [5, 5.41) is 0.152. The zero-order chi connectivity index (χ0) is 21.0. The largest absolute Gasteiger partial charge is 0.341 e. The van der Waals surface area contributed by atoms with Gasteiger partial charge >= 0.3 is 0 Å². The van der Waals surface area contributed by atoms with Crippen LogP contribution in [0.3, 0.4) is 0 Å². The quantitative estimate of drug-likeness (QED) is 0.608. The number of anilines is 1. The van der Waals surface area contributed by atoms with Gasteiger partial charge < -0.3 is 4.90 Å². The van der Waals surface area contributed by atoms with Crippen molar-refractivity contribution in [3.63, 3.8) is 0 Å². The van der Waals surface area contributed by atoms with Crippen molar-refractivity contribution in [1.82, 2.24) is 14.3 Å². The molecule has 2 heterocycles. The van der Waals surface area contributed by atoms with E-state index in [2.05, 4.69) is 14.1 Å². The van der Waals surface area contributed by atoms with Crippen molar-refractivity contribution in [1.29, 1.82) is 0 Å². The van der Waals surface area contributed by atoms with Gasteiger partial charge in [-0.15, -0.1) is 0 Å². The van der Waals surface area contributed by atoms with Gasteiger partial charge in [0.1, 0.15) is 0 Å². The summed E-state index contributed by atoms with van der Waals surface area (Å²) in [7, 11) is -3.79. The molecule has 1 fully saturated rings. The summed E-state index contributed by atoms with van der Waals surface area (Å²) in [4.78, 5) is 18.5. The molecule has 7 nitrogen and oxygen atoms in total. The van der Waals surface area contributed by atoms with Crippen LogP contribution in [0.2, 0.25) is 0 Å².